The molecular formula is C25H24Cl2F3N3O2. The number of amides is 1. The summed E-state index contributed by atoms with van der Waals surface area (Å²) < 4.78 is 44.9. The molecule has 10 heteroatoms. The molecule has 1 saturated heterocycles. The summed E-state index contributed by atoms with van der Waals surface area (Å²) in [6, 6.07) is 16.8. The van der Waals surface area contributed by atoms with Crippen LogP contribution < -0.4 is 5.32 Å². The molecular weight excluding hydrogens is 502 g/mol. The van der Waals surface area contributed by atoms with Gasteiger partial charge in [0, 0.05) is 37.9 Å². The molecule has 186 valence electrons. The summed E-state index contributed by atoms with van der Waals surface area (Å²) in [5, 5.41) is 3.17. The topological polar surface area (TPSA) is 54.5 Å². The number of rotatable bonds is 3. The maximum atomic E-state index is 13.1. The van der Waals surface area contributed by atoms with Crippen molar-refractivity contribution in [3.63, 3.8) is 0 Å². The van der Waals surface area contributed by atoms with Crippen molar-refractivity contribution in [3.05, 3.63) is 89.2 Å². The summed E-state index contributed by atoms with van der Waals surface area (Å²) in [5.41, 5.74) is 4.13. The normalized spacial score (nSPS) is 17.0. The minimum Gasteiger partial charge on any atom is -0.448 e. The Morgan fingerprint density at radius 2 is 1.66 bits per heavy atom. The van der Waals surface area contributed by atoms with E-state index in [0.29, 0.717) is 18.7 Å². The molecule has 1 amide bonds. The van der Waals surface area contributed by atoms with Crippen LogP contribution in [-0.2, 0) is 10.9 Å². The lowest BCUT2D eigenvalue weighted by molar-refractivity contribution is -0.137. The van der Waals surface area contributed by atoms with Gasteiger partial charge in [-0.25, -0.2) is 4.79 Å². The number of hydrogen-bond donors (Lipinski definition) is 1. The average Bonchev–Trinajstić information content (AvgIpc) is 3.16. The summed E-state index contributed by atoms with van der Waals surface area (Å²) in [5.74, 6) is -0.0484. The number of ether oxygens (including phenoxy) is 1. The number of nitrogens with one attached hydrogen (secondary N) is 1. The maximum absolute atomic E-state index is 13.1. The minimum absolute atomic E-state index is 0. The van der Waals surface area contributed by atoms with E-state index in [1.54, 1.807) is 0 Å². The van der Waals surface area contributed by atoms with Gasteiger partial charge in [0.2, 0.25) is 0 Å². The smallest absolute Gasteiger partial charge is 0.417 e. The molecule has 5 nitrogen and oxygen atoms in total. The van der Waals surface area contributed by atoms with Crippen LogP contribution >= 0.6 is 24.8 Å². The summed E-state index contributed by atoms with van der Waals surface area (Å²) in [4.78, 5) is 18.1. The summed E-state index contributed by atoms with van der Waals surface area (Å²) in [6.45, 7) is 1.27. The molecule has 2 aromatic carbocycles. The molecule has 1 aliphatic carbocycles. The number of nitrogens with zero attached hydrogens (tertiary/aromatic N) is 2. The van der Waals surface area contributed by atoms with E-state index in [2.05, 4.69) is 34.6 Å². The SMILES string of the molecule is Cl.Cl.O=C(OCC1c2ccccc2-c2ccccc21)N1CCNC(c2cncc(C(F)(F)F)c2)C1. The van der Waals surface area contributed by atoms with E-state index in [1.165, 1.54) is 11.1 Å². The van der Waals surface area contributed by atoms with Crippen LogP contribution in [0.2, 0.25) is 0 Å². The first kappa shape index (κ1) is 26.8. The third-order valence-electron chi connectivity index (χ3n) is 6.26. The van der Waals surface area contributed by atoms with Crippen molar-refractivity contribution in [1.82, 2.24) is 15.2 Å². The van der Waals surface area contributed by atoms with Crippen molar-refractivity contribution in [3.8, 4) is 11.1 Å². The van der Waals surface area contributed by atoms with Gasteiger partial charge in [-0.2, -0.15) is 13.2 Å². The first-order valence-electron chi connectivity index (χ1n) is 10.8. The fourth-order valence-electron chi connectivity index (χ4n) is 4.63. The molecule has 1 aliphatic heterocycles. The largest absolute Gasteiger partial charge is 0.448 e. The van der Waals surface area contributed by atoms with Gasteiger partial charge < -0.3 is 15.0 Å². The van der Waals surface area contributed by atoms with Gasteiger partial charge in [0.25, 0.3) is 0 Å². The molecule has 2 aliphatic rings. The second kappa shape index (κ2) is 10.8. The van der Waals surface area contributed by atoms with Gasteiger partial charge in [-0.15, -0.1) is 24.8 Å². The van der Waals surface area contributed by atoms with Gasteiger partial charge in [-0.05, 0) is 33.9 Å². The Hall–Kier alpha value is -2.81. The van der Waals surface area contributed by atoms with Gasteiger partial charge in [-0.3, -0.25) is 4.98 Å². The lowest BCUT2D eigenvalue weighted by Crippen LogP contribution is -2.48. The second-order valence-corrected chi connectivity index (χ2v) is 8.26. The quantitative estimate of drug-likeness (QED) is 0.466. The molecule has 5 rings (SSSR count). The van der Waals surface area contributed by atoms with Crippen molar-refractivity contribution in [2.75, 3.05) is 26.2 Å². The Balaban J connectivity index is 0.00000171. The molecule has 1 N–H and O–H groups in total. The number of hydrogen-bond acceptors (Lipinski definition) is 4. The lowest BCUT2D eigenvalue weighted by atomic mass is 9.98. The molecule has 3 aromatic rings. The number of alkyl halides is 3. The van der Waals surface area contributed by atoms with Crippen LogP contribution in [0.1, 0.15) is 34.2 Å². The molecule has 1 aromatic heterocycles. The Bertz CT molecular complexity index is 1150. The Morgan fingerprint density at radius 3 is 2.29 bits per heavy atom. The number of aromatic nitrogens is 1. The van der Waals surface area contributed by atoms with E-state index in [1.807, 2.05) is 24.3 Å². The molecule has 2 heterocycles. The number of benzene rings is 2. The molecule has 0 radical (unpaired) electrons. The van der Waals surface area contributed by atoms with Crippen LogP contribution in [0.4, 0.5) is 18.0 Å². The summed E-state index contributed by atoms with van der Waals surface area (Å²) >= 11 is 0. The second-order valence-electron chi connectivity index (χ2n) is 8.26. The molecule has 1 unspecified atom stereocenters. The Kier molecular flexibility index (Phi) is 8.30. The third-order valence-corrected chi connectivity index (χ3v) is 6.26. The first-order chi connectivity index (χ1) is 15.9. The zero-order chi connectivity index (χ0) is 23.0. The Morgan fingerprint density at radius 1 is 1.03 bits per heavy atom. The van der Waals surface area contributed by atoms with Crippen LogP contribution in [0.5, 0.6) is 0 Å². The van der Waals surface area contributed by atoms with E-state index < -0.39 is 23.9 Å². The van der Waals surface area contributed by atoms with Crippen molar-refractivity contribution in [2.45, 2.75) is 18.1 Å². The van der Waals surface area contributed by atoms with Gasteiger partial charge in [-0.1, -0.05) is 48.5 Å². The van der Waals surface area contributed by atoms with E-state index in [4.69, 9.17) is 4.74 Å². The minimum atomic E-state index is -4.47. The van der Waals surface area contributed by atoms with Crippen molar-refractivity contribution < 1.29 is 22.7 Å². The highest BCUT2D eigenvalue weighted by Gasteiger charge is 2.34. The number of piperazine rings is 1. The van der Waals surface area contributed by atoms with Crippen LogP contribution in [0.3, 0.4) is 0 Å². The maximum Gasteiger partial charge on any atom is 0.417 e. The standard InChI is InChI=1S/C25H22F3N3O2.2ClH/c26-25(27,28)17-11-16(12-29-13-17)23-14-31(10-9-30-23)24(32)33-15-22-20-7-3-1-5-18(20)19-6-2-4-8-21(19)22;;/h1-8,11-13,22-23,30H,9-10,14-15H2;2*1H. The molecule has 1 atom stereocenters. The van der Waals surface area contributed by atoms with Crippen LogP contribution in [0.15, 0.2) is 67.0 Å². The first-order valence-corrected chi connectivity index (χ1v) is 10.8. The van der Waals surface area contributed by atoms with Crippen LogP contribution in [-0.4, -0.2) is 42.2 Å². The summed E-state index contributed by atoms with van der Waals surface area (Å²) in [7, 11) is 0. The van der Waals surface area contributed by atoms with Gasteiger partial charge in [0.15, 0.2) is 0 Å². The lowest BCUT2D eigenvalue weighted by Gasteiger charge is -2.33. The highest BCUT2D eigenvalue weighted by atomic mass is 35.5. The van der Waals surface area contributed by atoms with E-state index >= 15 is 0 Å². The molecule has 0 bridgehead atoms. The number of carbonyl (C=O) groups is 1. The fourth-order valence-corrected chi connectivity index (χ4v) is 4.63. The zero-order valence-electron chi connectivity index (χ0n) is 18.5. The van der Waals surface area contributed by atoms with Crippen molar-refractivity contribution in [2.24, 2.45) is 0 Å². The number of halogens is 5. The molecule has 0 saturated carbocycles. The van der Waals surface area contributed by atoms with Crippen LogP contribution in [0, 0.1) is 0 Å². The van der Waals surface area contributed by atoms with Gasteiger partial charge >= 0.3 is 12.3 Å². The predicted molar refractivity (Wildman–Crippen MR) is 131 cm³/mol. The highest BCUT2D eigenvalue weighted by molar-refractivity contribution is 5.85. The zero-order valence-corrected chi connectivity index (χ0v) is 20.1. The Labute approximate surface area is 213 Å². The van der Waals surface area contributed by atoms with Crippen molar-refractivity contribution >= 4 is 30.9 Å². The van der Waals surface area contributed by atoms with E-state index in [-0.39, 0.29) is 43.9 Å². The highest BCUT2D eigenvalue weighted by Crippen LogP contribution is 2.44. The fraction of sp³-hybridized carbons (Fsp3) is 0.280. The van der Waals surface area contributed by atoms with E-state index in [0.717, 1.165) is 34.5 Å². The number of pyridine rings is 1. The number of carbonyl (C=O) groups excluding carboxylic acids is 1. The van der Waals surface area contributed by atoms with Gasteiger partial charge in [0.1, 0.15) is 6.61 Å². The molecule has 35 heavy (non-hydrogen) atoms. The summed E-state index contributed by atoms with van der Waals surface area (Å²) in [6.07, 6.45) is -2.74. The van der Waals surface area contributed by atoms with Gasteiger partial charge in [0.05, 0.1) is 11.6 Å². The van der Waals surface area contributed by atoms with Crippen LogP contribution in [0.25, 0.3) is 11.1 Å². The average molecular weight is 526 g/mol. The molecule has 0 spiro atoms. The third kappa shape index (κ3) is 5.39. The van der Waals surface area contributed by atoms with E-state index in [9.17, 15) is 18.0 Å². The predicted octanol–water partition coefficient (Wildman–Crippen LogP) is 5.84. The van der Waals surface area contributed by atoms with Crippen molar-refractivity contribution in [1.29, 1.82) is 0 Å². The number of fused-ring (bicyclic) bond motifs is 3. The molecule has 1 fully saturated rings. The monoisotopic (exact) mass is 525 g/mol.